The van der Waals surface area contributed by atoms with Crippen molar-refractivity contribution in [3.8, 4) is 22.4 Å². The van der Waals surface area contributed by atoms with Crippen molar-refractivity contribution in [2.75, 3.05) is 5.73 Å². The highest BCUT2D eigenvalue weighted by Gasteiger charge is 2.30. The summed E-state index contributed by atoms with van der Waals surface area (Å²) in [6.45, 7) is 0. The first-order valence-electron chi connectivity index (χ1n) is 8.17. The Morgan fingerprint density at radius 1 is 0.933 bits per heavy atom. The highest BCUT2D eigenvalue weighted by molar-refractivity contribution is 6.07. The predicted molar refractivity (Wildman–Crippen MR) is 99.1 cm³/mol. The zero-order valence-corrected chi connectivity index (χ0v) is 14.8. The van der Waals surface area contributed by atoms with Gasteiger partial charge in [0, 0.05) is 17.3 Å². The normalized spacial score (nSPS) is 11.3. The molecule has 1 aromatic carbocycles. The Balaban J connectivity index is 2.12. The smallest absolute Gasteiger partial charge is 0.417 e. The Labute approximate surface area is 165 Å². The van der Waals surface area contributed by atoms with Gasteiger partial charge in [-0.2, -0.15) is 13.2 Å². The number of pyridine rings is 2. The van der Waals surface area contributed by atoms with Gasteiger partial charge in [-0.3, -0.25) is 9.78 Å². The number of carbonyl (C=O) groups is 2. The molecule has 2 aromatic heterocycles. The highest BCUT2D eigenvalue weighted by Crippen LogP contribution is 2.32. The maximum atomic E-state index is 12.7. The molecule has 0 atom stereocenters. The minimum atomic E-state index is -4.53. The zero-order valence-electron chi connectivity index (χ0n) is 14.8. The molecule has 8 nitrogen and oxygen atoms in total. The number of halogens is 3. The van der Waals surface area contributed by atoms with Gasteiger partial charge >= 0.3 is 18.1 Å². The van der Waals surface area contributed by atoms with Gasteiger partial charge in [-0.05, 0) is 17.7 Å². The molecule has 5 N–H and O–H groups in total. The molecule has 0 aliphatic carbocycles. The molecule has 3 rings (SSSR count). The van der Waals surface area contributed by atoms with E-state index in [0.29, 0.717) is 11.8 Å². The largest absolute Gasteiger partial charge is 0.478 e. The molecule has 0 radical (unpaired) electrons. The van der Waals surface area contributed by atoms with E-state index < -0.39 is 46.2 Å². The lowest BCUT2D eigenvalue weighted by molar-refractivity contribution is -0.137. The average molecular weight is 419 g/mol. The van der Waals surface area contributed by atoms with Gasteiger partial charge in [0.05, 0.1) is 11.3 Å². The Hall–Kier alpha value is -4.15. The number of nitrogen functional groups attached to an aromatic ring is 1. The third-order valence-electron chi connectivity index (χ3n) is 4.23. The van der Waals surface area contributed by atoms with Crippen LogP contribution in [-0.4, -0.2) is 32.1 Å². The fourth-order valence-corrected chi connectivity index (χ4v) is 2.88. The number of alkyl halides is 3. The molecule has 0 amide bonds. The number of carboxylic acid groups (broad SMARTS) is 2. The Morgan fingerprint density at radius 3 is 1.97 bits per heavy atom. The number of nitrogens with zero attached hydrogens (tertiary/aromatic N) is 1. The van der Waals surface area contributed by atoms with E-state index in [2.05, 4.69) is 4.98 Å². The molecular formula is C19H12F3N3O5. The van der Waals surface area contributed by atoms with E-state index in [4.69, 9.17) is 5.73 Å². The summed E-state index contributed by atoms with van der Waals surface area (Å²) in [5, 5.41) is 18.8. The molecule has 0 aliphatic rings. The third-order valence-corrected chi connectivity index (χ3v) is 4.23. The first-order chi connectivity index (χ1) is 14.0. The van der Waals surface area contributed by atoms with Crippen LogP contribution in [0.15, 0.2) is 47.4 Å². The van der Waals surface area contributed by atoms with Crippen molar-refractivity contribution in [1.82, 2.24) is 9.97 Å². The molecule has 0 aliphatic heterocycles. The summed E-state index contributed by atoms with van der Waals surface area (Å²) in [4.78, 5) is 40.9. The van der Waals surface area contributed by atoms with Crippen molar-refractivity contribution in [2.24, 2.45) is 0 Å². The number of hydrogen-bond donors (Lipinski definition) is 4. The molecular weight excluding hydrogens is 407 g/mol. The Morgan fingerprint density at radius 2 is 1.50 bits per heavy atom. The lowest BCUT2D eigenvalue weighted by atomic mass is 9.94. The second-order valence-corrected chi connectivity index (χ2v) is 6.11. The number of H-pyrrole nitrogens is 1. The van der Waals surface area contributed by atoms with Crippen molar-refractivity contribution in [3.63, 3.8) is 0 Å². The number of rotatable bonds is 4. The van der Waals surface area contributed by atoms with Gasteiger partial charge in [0.25, 0.3) is 5.56 Å². The number of nitrogens with two attached hydrogens (primary N) is 1. The van der Waals surface area contributed by atoms with Crippen molar-refractivity contribution < 1.29 is 33.0 Å². The first kappa shape index (κ1) is 20.6. The minimum Gasteiger partial charge on any atom is -0.478 e. The molecule has 0 saturated heterocycles. The number of aromatic nitrogens is 2. The van der Waals surface area contributed by atoms with Crippen LogP contribution in [0.3, 0.4) is 0 Å². The Bertz CT molecular complexity index is 1200. The average Bonchev–Trinajstić information content (AvgIpc) is 2.66. The molecule has 11 heteroatoms. The summed E-state index contributed by atoms with van der Waals surface area (Å²) >= 11 is 0. The molecule has 0 unspecified atom stereocenters. The summed E-state index contributed by atoms with van der Waals surface area (Å²) in [5.74, 6) is -3.71. The van der Waals surface area contributed by atoms with Gasteiger partial charge in [0.15, 0.2) is 0 Å². The Kier molecular flexibility index (Phi) is 5.04. The molecule has 0 fully saturated rings. The van der Waals surface area contributed by atoms with Crippen LogP contribution in [0, 0.1) is 0 Å². The number of carboxylic acids is 2. The van der Waals surface area contributed by atoms with Gasteiger partial charge in [-0.1, -0.05) is 24.3 Å². The zero-order chi connectivity index (χ0) is 22.2. The number of anilines is 1. The number of aromatic carboxylic acids is 2. The van der Waals surface area contributed by atoms with Crippen molar-refractivity contribution >= 4 is 17.8 Å². The fourth-order valence-electron chi connectivity index (χ4n) is 2.88. The van der Waals surface area contributed by atoms with Crippen LogP contribution in [0.1, 0.15) is 26.3 Å². The summed E-state index contributed by atoms with van der Waals surface area (Å²) < 4.78 is 38.0. The van der Waals surface area contributed by atoms with Gasteiger partial charge in [0.1, 0.15) is 16.9 Å². The second-order valence-electron chi connectivity index (χ2n) is 6.11. The number of aromatic amines is 1. The molecule has 2 heterocycles. The van der Waals surface area contributed by atoms with E-state index in [1.165, 1.54) is 24.3 Å². The number of hydrogen-bond acceptors (Lipinski definition) is 5. The third kappa shape index (κ3) is 3.72. The molecule has 30 heavy (non-hydrogen) atoms. The molecule has 3 aromatic rings. The van der Waals surface area contributed by atoms with Crippen LogP contribution < -0.4 is 11.3 Å². The van der Waals surface area contributed by atoms with Crippen molar-refractivity contribution in [3.05, 3.63) is 69.6 Å². The van der Waals surface area contributed by atoms with E-state index in [1.54, 1.807) is 0 Å². The van der Waals surface area contributed by atoms with Gasteiger partial charge in [-0.25, -0.2) is 9.59 Å². The fraction of sp³-hybridized carbons (Fsp3) is 0.0526. The van der Waals surface area contributed by atoms with Gasteiger partial charge in [0.2, 0.25) is 0 Å². The monoisotopic (exact) mass is 419 g/mol. The van der Waals surface area contributed by atoms with Crippen molar-refractivity contribution in [1.29, 1.82) is 0 Å². The van der Waals surface area contributed by atoms with E-state index in [1.807, 2.05) is 4.98 Å². The van der Waals surface area contributed by atoms with Crippen LogP contribution in [-0.2, 0) is 6.18 Å². The first-order valence-corrected chi connectivity index (χ1v) is 8.17. The summed E-state index contributed by atoms with van der Waals surface area (Å²) in [5.41, 5.74) is 2.46. The van der Waals surface area contributed by atoms with Gasteiger partial charge in [-0.15, -0.1) is 0 Å². The standard InChI is InChI=1S/C19H12F3N3O5/c20-19(21,22)10-5-6-11(24-7-10)8-1-3-9(4-2-8)12-13(17(27)28)15(23)25-16(26)14(12)18(29)30/h1-7H,(H,27,28)(H,29,30)(H3,23,25,26). The summed E-state index contributed by atoms with van der Waals surface area (Å²) in [6.07, 6.45) is -3.86. The van der Waals surface area contributed by atoms with Crippen molar-refractivity contribution in [2.45, 2.75) is 6.18 Å². The van der Waals surface area contributed by atoms with Crippen LogP contribution in [0.25, 0.3) is 22.4 Å². The van der Waals surface area contributed by atoms with E-state index in [-0.39, 0.29) is 16.8 Å². The summed E-state index contributed by atoms with van der Waals surface area (Å²) in [6, 6.07) is 7.47. The highest BCUT2D eigenvalue weighted by atomic mass is 19.4. The lowest BCUT2D eigenvalue weighted by Crippen LogP contribution is -2.24. The van der Waals surface area contributed by atoms with E-state index in [0.717, 1.165) is 12.1 Å². The molecule has 0 saturated carbocycles. The van der Waals surface area contributed by atoms with E-state index >= 15 is 0 Å². The summed E-state index contributed by atoms with van der Waals surface area (Å²) in [7, 11) is 0. The number of benzene rings is 1. The van der Waals surface area contributed by atoms with Crippen LogP contribution in [0.5, 0.6) is 0 Å². The maximum Gasteiger partial charge on any atom is 0.417 e. The lowest BCUT2D eigenvalue weighted by Gasteiger charge is -2.12. The minimum absolute atomic E-state index is 0.0678. The quantitative estimate of drug-likeness (QED) is 0.508. The molecule has 0 spiro atoms. The number of nitrogens with one attached hydrogen (secondary N) is 1. The van der Waals surface area contributed by atoms with Crippen LogP contribution in [0.4, 0.5) is 19.0 Å². The van der Waals surface area contributed by atoms with Gasteiger partial charge < -0.3 is 20.9 Å². The second kappa shape index (κ2) is 7.35. The predicted octanol–water partition coefficient (Wildman–Crippen LogP) is 3.10. The topological polar surface area (TPSA) is 146 Å². The maximum absolute atomic E-state index is 12.7. The van der Waals surface area contributed by atoms with Crippen LogP contribution in [0.2, 0.25) is 0 Å². The molecule has 0 bridgehead atoms. The SMILES string of the molecule is Nc1[nH]c(=O)c(C(=O)O)c(-c2ccc(-c3ccc(C(F)(F)F)cn3)cc2)c1C(=O)O. The van der Waals surface area contributed by atoms with Crippen LogP contribution >= 0.6 is 0 Å². The van der Waals surface area contributed by atoms with E-state index in [9.17, 15) is 37.8 Å². The molecule has 154 valence electrons.